The molecule has 0 aromatic carbocycles. The lowest BCUT2D eigenvalue weighted by Crippen LogP contribution is -2.52. The number of ether oxygens (including phenoxy) is 1. The first-order valence-corrected chi connectivity index (χ1v) is 10.2. The number of pyridine rings is 1. The van der Waals surface area contributed by atoms with Crippen molar-refractivity contribution in [3.8, 4) is 17.1 Å². The molecule has 2 aromatic rings. The van der Waals surface area contributed by atoms with Crippen molar-refractivity contribution in [1.29, 1.82) is 0 Å². The first kappa shape index (κ1) is 20.8. The minimum atomic E-state index is -1.04. The molecule has 0 radical (unpaired) electrons. The number of unbranched alkanes of at least 4 members (excludes halogenated alkanes) is 3. The Morgan fingerprint density at radius 2 is 1.93 bits per heavy atom. The van der Waals surface area contributed by atoms with E-state index in [4.69, 9.17) is 4.74 Å². The van der Waals surface area contributed by atoms with Gasteiger partial charge in [0, 0.05) is 12.6 Å². The molecule has 3 N–H and O–H groups in total. The number of aliphatic carboxylic acids is 1. The first-order valence-electron chi connectivity index (χ1n) is 10.2. The average molecular weight is 400 g/mol. The van der Waals surface area contributed by atoms with Gasteiger partial charge in [0.25, 0.3) is 0 Å². The Morgan fingerprint density at radius 3 is 2.59 bits per heavy atom. The molecule has 1 saturated carbocycles. The van der Waals surface area contributed by atoms with Gasteiger partial charge in [-0.15, -0.1) is 0 Å². The molecule has 156 valence electrons. The van der Waals surface area contributed by atoms with Crippen LogP contribution >= 0.6 is 0 Å². The highest BCUT2D eigenvalue weighted by Crippen LogP contribution is 2.30. The number of nitrogens with zero attached hydrogens (tertiary/aromatic N) is 2. The van der Waals surface area contributed by atoms with Crippen molar-refractivity contribution in [2.45, 2.75) is 63.3 Å². The molecule has 0 saturated heterocycles. The second-order valence-electron chi connectivity index (χ2n) is 7.50. The summed E-state index contributed by atoms with van der Waals surface area (Å²) in [6, 6.07) is 5.63. The van der Waals surface area contributed by atoms with Gasteiger partial charge in [0.15, 0.2) is 0 Å². The number of carbonyl (C=O) groups is 2. The maximum Gasteiger partial charge on any atom is 0.329 e. The summed E-state index contributed by atoms with van der Waals surface area (Å²) in [5, 5.41) is 18.9. The van der Waals surface area contributed by atoms with E-state index in [2.05, 4.69) is 20.5 Å². The average Bonchev–Trinajstić information content (AvgIpc) is 3.40. The third-order valence-corrected chi connectivity index (χ3v) is 5.33. The van der Waals surface area contributed by atoms with E-state index >= 15 is 0 Å². The molecular weight excluding hydrogens is 372 g/mol. The first-order chi connectivity index (χ1) is 14.1. The van der Waals surface area contributed by atoms with E-state index in [1.807, 2.05) is 18.2 Å². The van der Waals surface area contributed by atoms with Crippen LogP contribution in [0, 0.1) is 0 Å². The summed E-state index contributed by atoms with van der Waals surface area (Å²) >= 11 is 0. The minimum absolute atomic E-state index is 0.158. The third kappa shape index (κ3) is 5.79. The number of carboxylic acids is 1. The van der Waals surface area contributed by atoms with Gasteiger partial charge in [0.2, 0.25) is 5.91 Å². The van der Waals surface area contributed by atoms with Crippen molar-refractivity contribution in [3.63, 3.8) is 0 Å². The zero-order chi connectivity index (χ0) is 20.5. The Balaban J connectivity index is 1.26. The number of rotatable bonds is 11. The fourth-order valence-electron chi connectivity index (χ4n) is 3.65. The highest BCUT2D eigenvalue weighted by atomic mass is 16.5. The second kappa shape index (κ2) is 10.0. The van der Waals surface area contributed by atoms with E-state index in [0.717, 1.165) is 55.7 Å². The van der Waals surface area contributed by atoms with Gasteiger partial charge in [-0.05, 0) is 43.9 Å². The van der Waals surface area contributed by atoms with Crippen LogP contribution in [0.1, 0.15) is 57.8 Å². The van der Waals surface area contributed by atoms with Crippen molar-refractivity contribution in [3.05, 3.63) is 30.6 Å². The van der Waals surface area contributed by atoms with Gasteiger partial charge in [-0.25, -0.2) is 4.79 Å². The molecule has 8 nitrogen and oxygen atoms in total. The summed E-state index contributed by atoms with van der Waals surface area (Å²) < 4.78 is 5.70. The topological polar surface area (TPSA) is 117 Å². The van der Waals surface area contributed by atoms with E-state index in [1.54, 1.807) is 12.4 Å². The number of aromatic amines is 1. The van der Waals surface area contributed by atoms with Crippen LogP contribution in [0.4, 0.5) is 0 Å². The molecule has 0 spiro atoms. The van der Waals surface area contributed by atoms with Crippen molar-refractivity contribution < 1.29 is 19.4 Å². The number of nitrogens with one attached hydrogen (secondary N) is 2. The van der Waals surface area contributed by atoms with Gasteiger partial charge in [0.1, 0.15) is 11.3 Å². The maximum atomic E-state index is 12.1. The molecule has 3 rings (SSSR count). The number of amides is 1. The molecule has 1 aliphatic carbocycles. The van der Waals surface area contributed by atoms with Gasteiger partial charge in [-0.3, -0.25) is 14.9 Å². The SMILES string of the molecule is O=C(CCCCCCOc1ccc(-c2ccn[nH]2)nc1)NC1(C(=O)O)CCCC1. The van der Waals surface area contributed by atoms with Crippen LogP contribution in [-0.2, 0) is 9.59 Å². The van der Waals surface area contributed by atoms with E-state index in [0.29, 0.717) is 25.9 Å². The van der Waals surface area contributed by atoms with Crippen LogP contribution in [0.2, 0.25) is 0 Å². The fourth-order valence-corrected chi connectivity index (χ4v) is 3.65. The predicted molar refractivity (Wildman–Crippen MR) is 107 cm³/mol. The number of H-pyrrole nitrogens is 1. The molecule has 2 aromatic heterocycles. The zero-order valence-electron chi connectivity index (χ0n) is 16.5. The summed E-state index contributed by atoms with van der Waals surface area (Å²) in [5.41, 5.74) is 0.643. The Bertz CT molecular complexity index is 784. The molecule has 0 unspecified atom stereocenters. The number of carboxylic acid groups (broad SMARTS) is 1. The highest BCUT2D eigenvalue weighted by molar-refractivity contribution is 5.87. The molecule has 0 aliphatic heterocycles. The lowest BCUT2D eigenvalue weighted by Gasteiger charge is -2.25. The number of hydrogen-bond acceptors (Lipinski definition) is 5. The Hall–Kier alpha value is -2.90. The highest BCUT2D eigenvalue weighted by Gasteiger charge is 2.42. The van der Waals surface area contributed by atoms with Crippen molar-refractivity contribution in [2.75, 3.05) is 6.61 Å². The van der Waals surface area contributed by atoms with Crippen LogP contribution in [0.15, 0.2) is 30.6 Å². The summed E-state index contributed by atoms with van der Waals surface area (Å²) in [7, 11) is 0. The van der Waals surface area contributed by atoms with Crippen molar-refractivity contribution in [1.82, 2.24) is 20.5 Å². The maximum absolute atomic E-state index is 12.1. The quantitative estimate of drug-likeness (QED) is 0.498. The molecule has 0 bridgehead atoms. The van der Waals surface area contributed by atoms with Gasteiger partial charge in [-0.1, -0.05) is 25.7 Å². The van der Waals surface area contributed by atoms with Gasteiger partial charge < -0.3 is 15.2 Å². The lowest BCUT2D eigenvalue weighted by atomic mass is 9.97. The van der Waals surface area contributed by atoms with Crippen LogP contribution in [-0.4, -0.2) is 44.3 Å². The van der Waals surface area contributed by atoms with Crippen molar-refractivity contribution >= 4 is 11.9 Å². The van der Waals surface area contributed by atoms with E-state index in [-0.39, 0.29) is 5.91 Å². The predicted octanol–water partition coefficient (Wildman–Crippen LogP) is 3.31. The molecule has 29 heavy (non-hydrogen) atoms. The number of aromatic nitrogens is 3. The normalized spacial score (nSPS) is 15.2. The van der Waals surface area contributed by atoms with Crippen LogP contribution in [0.3, 0.4) is 0 Å². The minimum Gasteiger partial charge on any atom is -0.492 e. The molecule has 1 amide bonds. The molecule has 1 aliphatic rings. The number of hydrogen-bond donors (Lipinski definition) is 3. The number of carbonyl (C=O) groups excluding carboxylic acids is 1. The third-order valence-electron chi connectivity index (χ3n) is 5.33. The van der Waals surface area contributed by atoms with E-state index in [9.17, 15) is 14.7 Å². The molecule has 0 atom stereocenters. The van der Waals surface area contributed by atoms with Crippen LogP contribution in [0.5, 0.6) is 5.75 Å². The molecule has 8 heteroatoms. The van der Waals surface area contributed by atoms with Crippen LogP contribution in [0.25, 0.3) is 11.4 Å². The Kier molecular flexibility index (Phi) is 7.21. The monoisotopic (exact) mass is 400 g/mol. The van der Waals surface area contributed by atoms with Gasteiger partial charge in [-0.2, -0.15) is 5.10 Å². The Labute approximate surface area is 170 Å². The molecule has 2 heterocycles. The molecule has 1 fully saturated rings. The fraction of sp³-hybridized carbons (Fsp3) is 0.524. The second-order valence-corrected chi connectivity index (χ2v) is 7.50. The lowest BCUT2D eigenvalue weighted by molar-refractivity contribution is -0.147. The summed E-state index contributed by atoms with van der Waals surface area (Å²) in [4.78, 5) is 27.9. The van der Waals surface area contributed by atoms with Crippen LogP contribution < -0.4 is 10.1 Å². The summed E-state index contributed by atoms with van der Waals surface area (Å²) in [5.74, 6) is -0.343. The Morgan fingerprint density at radius 1 is 1.14 bits per heavy atom. The largest absolute Gasteiger partial charge is 0.492 e. The smallest absolute Gasteiger partial charge is 0.329 e. The van der Waals surface area contributed by atoms with Crippen molar-refractivity contribution in [2.24, 2.45) is 0 Å². The summed E-state index contributed by atoms with van der Waals surface area (Å²) in [6.07, 6.45) is 10.0. The zero-order valence-corrected chi connectivity index (χ0v) is 16.5. The van der Waals surface area contributed by atoms with Gasteiger partial charge >= 0.3 is 5.97 Å². The summed E-state index contributed by atoms with van der Waals surface area (Å²) in [6.45, 7) is 0.597. The van der Waals surface area contributed by atoms with E-state index in [1.165, 1.54) is 0 Å². The van der Waals surface area contributed by atoms with E-state index < -0.39 is 11.5 Å². The standard InChI is InChI=1S/C21H28N4O4/c26-19(24-21(20(27)28)11-4-5-12-21)7-3-1-2-6-14-29-16-8-9-17(22-15-16)18-10-13-23-25-18/h8-10,13,15H,1-7,11-12,14H2,(H,23,25)(H,24,26)(H,27,28). The van der Waals surface area contributed by atoms with Gasteiger partial charge in [0.05, 0.1) is 24.2 Å². The molecular formula is C21H28N4O4.